The number of nitrogens with one attached hydrogen (secondary N) is 1. The average molecular weight is 305 g/mol. The van der Waals surface area contributed by atoms with Crippen LogP contribution in [0.25, 0.3) is 11.1 Å². The highest BCUT2D eigenvalue weighted by Gasteiger charge is 2.12. The van der Waals surface area contributed by atoms with Crippen molar-refractivity contribution in [2.75, 3.05) is 26.2 Å². The third kappa shape index (κ3) is 3.56. The highest BCUT2D eigenvalue weighted by molar-refractivity contribution is 5.74. The van der Waals surface area contributed by atoms with Crippen LogP contribution in [0.5, 0.6) is 0 Å². The Hall–Kier alpha value is -2.54. The van der Waals surface area contributed by atoms with Crippen molar-refractivity contribution in [1.82, 2.24) is 14.8 Å². The normalized spacial score (nSPS) is 10.6. The van der Waals surface area contributed by atoms with Crippen molar-refractivity contribution >= 4 is 17.1 Å². The minimum Gasteiger partial charge on any atom is -0.408 e. The summed E-state index contributed by atoms with van der Waals surface area (Å²) in [5.41, 5.74) is 1.22. The summed E-state index contributed by atoms with van der Waals surface area (Å²) in [6, 6.07) is 6.81. The highest BCUT2D eigenvalue weighted by atomic mass is 16.4. The minimum atomic E-state index is -0.450. The predicted octanol–water partition coefficient (Wildman–Crippen LogP) is 0.784. The van der Waals surface area contributed by atoms with Crippen LogP contribution in [0.1, 0.15) is 0 Å². The van der Waals surface area contributed by atoms with Crippen molar-refractivity contribution in [3.8, 4) is 0 Å². The number of fused-ring (bicyclic) bond motifs is 1. The number of amides is 2. The van der Waals surface area contributed by atoms with Crippen LogP contribution in [0.4, 0.5) is 4.79 Å². The number of para-hydroxylation sites is 2. The van der Waals surface area contributed by atoms with Gasteiger partial charge >= 0.3 is 11.8 Å². The van der Waals surface area contributed by atoms with Crippen molar-refractivity contribution in [3.05, 3.63) is 47.5 Å². The molecule has 2 N–H and O–H groups in total. The van der Waals surface area contributed by atoms with Gasteiger partial charge in [0.1, 0.15) is 0 Å². The second kappa shape index (κ2) is 7.46. The van der Waals surface area contributed by atoms with Gasteiger partial charge in [-0.3, -0.25) is 4.57 Å². The Morgan fingerprint density at radius 2 is 2.23 bits per heavy atom. The molecule has 22 heavy (non-hydrogen) atoms. The fourth-order valence-electron chi connectivity index (χ4n) is 2.16. The molecule has 118 valence electrons. The fraction of sp³-hybridized carbons (Fsp3) is 0.333. The van der Waals surface area contributed by atoms with E-state index in [0.717, 1.165) is 0 Å². The van der Waals surface area contributed by atoms with Crippen LogP contribution in [-0.4, -0.2) is 46.8 Å². The average Bonchev–Trinajstić information content (AvgIpc) is 2.83. The van der Waals surface area contributed by atoms with Crippen molar-refractivity contribution in [2.24, 2.45) is 0 Å². The zero-order chi connectivity index (χ0) is 15.9. The topological polar surface area (TPSA) is 87.7 Å². The Morgan fingerprint density at radius 1 is 1.45 bits per heavy atom. The SMILES string of the molecule is C=CCN(CCO)C(=O)NCCn1c(=O)oc2ccccc21. The van der Waals surface area contributed by atoms with Gasteiger partial charge in [0.05, 0.1) is 12.1 Å². The van der Waals surface area contributed by atoms with Crippen molar-refractivity contribution in [3.63, 3.8) is 0 Å². The Morgan fingerprint density at radius 3 is 2.95 bits per heavy atom. The van der Waals surface area contributed by atoms with Crippen LogP contribution in [0.3, 0.4) is 0 Å². The molecule has 1 heterocycles. The molecule has 0 atom stereocenters. The van der Waals surface area contributed by atoms with E-state index in [-0.39, 0.29) is 25.7 Å². The Labute approximate surface area is 127 Å². The van der Waals surface area contributed by atoms with E-state index in [2.05, 4.69) is 11.9 Å². The van der Waals surface area contributed by atoms with Crippen molar-refractivity contribution in [1.29, 1.82) is 0 Å². The number of carbonyl (C=O) groups excluding carboxylic acids is 1. The molecule has 2 rings (SSSR count). The summed E-state index contributed by atoms with van der Waals surface area (Å²) in [5.74, 6) is -0.450. The van der Waals surface area contributed by atoms with Gasteiger partial charge in [0.15, 0.2) is 5.58 Å². The quantitative estimate of drug-likeness (QED) is 0.740. The second-order valence-electron chi connectivity index (χ2n) is 4.68. The van der Waals surface area contributed by atoms with E-state index in [1.54, 1.807) is 24.3 Å². The molecule has 0 fully saturated rings. The van der Waals surface area contributed by atoms with Gasteiger partial charge in [-0.1, -0.05) is 18.2 Å². The second-order valence-corrected chi connectivity index (χ2v) is 4.68. The maximum atomic E-state index is 11.9. The van der Waals surface area contributed by atoms with E-state index in [1.807, 2.05) is 6.07 Å². The van der Waals surface area contributed by atoms with Crippen molar-refractivity contribution < 1.29 is 14.3 Å². The molecule has 0 aliphatic carbocycles. The van der Waals surface area contributed by atoms with Gasteiger partial charge < -0.3 is 19.7 Å². The maximum absolute atomic E-state index is 11.9. The molecule has 0 unspecified atom stereocenters. The Balaban J connectivity index is 1.97. The van der Waals surface area contributed by atoms with Gasteiger partial charge in [-0.15, -0.1) is 6.58 Å². The molecule has 0 aliphatic rings. The number of benzene rings is 1. The predicted molar refractivity (Wildman–Crippen MR) is 82.7 cm³/mol. The summed E-state index contributed by atoms with van der Waals surface area (Å²) in [5, 5.41) is 11.6. The van der Waals surface area contributed by atoms with Crippen LogP contribution in [0, 0.1) is 0 Å². The van der Waals surface area contributed by atoms with E-state index >= 15 is 0 Å². The third-order valence-corrected chi connectivity index (χ3v) is 3.19. The number of hydrogen-bond donors (Lipinski definition) is 2. The molecule has 1 aromatic carbocycles. The standard InChI is InChI=1S/C15H19N3O4/c1-2-8-17(10-11-19)14(20)16-7-9-18-12-5-3-4-6-13(12)22-15(18)21/h2-6,19H,1,7-11H2,(H,16,20). The Kier molecular flexibility index (Phi) is 5.37. The molecule has 7 nitrogen and oxygen atoms in total. The minimum absolute atomic E-state index is 0.118. The number of rotatable bonds is 7. The van der Waals surface area contributed by atoms with Crippen LogP contribution < -0.4 is 11.1 Å². The molecule has 2 amide bonds. The lowest BCUT2D eigenvalue weighted by atomic mass is 10.3. The van der Waals surface area contributed by atoms with Gasteiger partial charge in [0.2, 0.25) is 0 Å². The van der Waals surface area contributed by atoms with E-state index in [4.69, 9.17) is 9.52 Å². The summed E-state index contributed by atoms with van der Waals surface area (Å²) in [6.07, 6.45) is 1.59. The number of nitrogens with zero attached hydrogens (tertiary/aromatic N) is 2. The smallest absolute Gasteiger partial charge is 0.408 e. The first-order valence-electron chi connectivity index (χ1n) is 7.00. The van der Waals surface area contributed by atoms with Crippen LogP contribution >= 0.6 is 0 Å². The first kappa shape index (κ1) is 15.8. The van der Waals surface area contributed by atoms with Crippen LogP contribution in [0.15, 0.2) is 46.1 Å². The number of aromatic nitrogens is 1. The third-order valence-electron chi connectivity index (χ3n) is 3.19. The van der Waals surface area contributed by atoms with E-state index in [9.17, 15) is 9.59 Å². The molecule has 2 aromatic rings. The molecule has 0 saturated heterocycles. The number of aliphatic hydroxyl groups excluding tert-OH is 1. The lowest BCUT2D eigenvalue weighted by Crippen LogP contribution is -2.42. The first-order chi connectivity index (χ1) is 10.7. The zero-order valence-corrected chi connectivity index (χ0v) is 12.2. The largest absolute Gasteiger partial charge is 0.420 e. The van der Waals surface area contributed by atoms with E-state index < -0.39 is 5.76 Å². The van der Waals surface area contributed by atoms with Gasteiger partial charge in [-0.05, 0) is 12.1 Å². The lowest BCUT2D eigenvalue weighted by molar-refractivity contribution is 0.183. The van der Waals surface area contributed by atoms with Gasteiger partial charge in [0.25, 0.3) is 0 Å². The van der Waals surface area contributed by atoms with Gasteiger partial charge in [0, 0.05) is 26.2 Å². The van der Waals surface area contributed by atoms with Gasteiger partial charge in [-0.25, -0.2) is 9.59 Å². The summed E-state index contributed by atoms with van der Waals surface area (Å²) in [4.78, 5) is 25.2. The summed E-state index contributed by atoms with van der Waals surface area (Å²) >= 11 is 0. The Bertz CT molecular complexity index is 704. The highest BCUT2D eigenvalue weighted by Crippen LogP contribution is 2.11. The zero-order valence-electron chi connectivity index (χ0n) is 12.2. The van der Waals surface area contributed by atoms with E-state index in [0.29, 0.717) is 24.2 Å². The molecule has 1 aromatic heterocycles. The molecular formula is C15H19N3O4. The number of urea groups is 1. The fourth-order valence-corrected chi connectivity index (χ4v) is 2.16. The molecular weight excluding hydrogens is 286 g/mol. The number of aliphatic hydroxyl groups is 1. The summed E-state index contributed by atoms with van der Waals surface area (Å²) in [6.45, 7) is 4.62. The molecule has 0 bridgehead atoms. The molecule has 7 heteroatoms. The number of carbonyl (C=O) groups is 1. The van der Waals surface area contributed by atoms with E-state index in [1.165, 1.54) is 9.47 Å². The van der Waals surface area contributed by atoms with Crippen LogP contribution in [0.2, 0.25) is 0 Å². The van der Waals surface area contributed by atoms with Gasteiger partial charge in [-0.2, -0.15) is 0 Å². The molecule has 0 saturated carbocycles. The first-order valence-corrected chi connectivity index (χ1v) is 7.00. The summed E-state index contributed by atoms with van der Waals surface area (Å²) in [7, 11) is 0. The molecule has 0 radical (unpaired) electrons. The molecule has 0 spiro atoms. The molecule has 0 aliphatic heterocycles. The monoisotopic (exact) mass is 305 g/mol. The number of hydrogen-bond acceptors (Lipinski definition) is 4. The maximum Gasteiger partial charge on any atom is 0.420 e. The van der Waals surface area contributed by atoms with Crippen LogP contribution in [-0.2, 0) is 6.54 Å². The van der Waals surface area contributed by atoms with Crippen molar-refractivity contribution in [2.45, 2.75) is 6.54 Å². The number of oxazole rings is 1. The lowest BCUT2D eigenvalue weighted by Gasteiger charge is -2.20. The summed E-state index contributed by atoms with van der Waals surface area (Å²) < 4.78 is 6.59.